The van der Waals surface area contributed by atoms with E-state index in [4.69, 9.17) is 0 Å². The molecule has 0 aromatic rings. The van der Waals surface area contributed by atoms with Gasteiger partial charge >= 0.3 is 0 Å². The summed E-state index contributed by atoms with van der Waals surface area (Å²) in [7, 11) is 0. The van der Waals surface area contributed by atoms with Gasteiger partial charge in [-0.2, -0.15) is 0 Å². The van der Waals surface area contributed by atoms with Crippen molar-refractivity contribution in [3.8, 4) is 0 Å². The van der Waals surface area contributed by atoms with Crippen LogP contribution >= 0.6 is 0 Å². The maximum Gasteiger partial charge on any atom is 0.136 e. The van der Waals surface area contributed by atoms with Crippen LogP contribution in [0, 0.1) is 16.7 Å². The first-order valence-electron chi connectivity index (χ1n) is 5.73. The first-order chi connectivity index (χ1) is 6.20. The number of hydrogen-bond donors (Lipinski definition) is 0. The lowest BCUT2D eigenvalue weighted by Gasteiger charge is -2.38. The number of rotatable bonds is 0. The van der Waals surface area contributed by atoms with Gasteiger partial charge < -0.3 is 0 Å². The first-order valence-corrected chi connectivity index (χ1v) is 5.73. The molecular formula is C12H18O. The number of ketones is 1. The van der Waals surface area contributed by atoms with Crippen LogP contribution in [0.2, 0.25) is 0 Å². The summed E-state index contributed by atoms with van der Waals surface area (Å²) >= 11 is 0. The molecule has 3 atom stereocenters. The minimum atomic E-state index is 0.390. The van der Waals surface area contributed by atoms with Gasteiger partial charge in [-0.05, 0) is 36.5 Å². The van der Waals surface area contributed by atoms with Crippen molar-refractivity contribution in [2.45, 2.75) is 51.9 Å². The zero-order valence-electron chi connectivity index (χ0n) is 8.44. The highest BCUT2D eigenvalue weighted by Crippen LogP contribution is 2.78. The smallest absolute Gasteiger partial charge is 0.136 e. The molecule has 72 valence electrons. The fraction of sp³-hybridized carbons (Fsp3) is 0.917. The van der Waals surface area contributed by atoms with E-state index >= 15 is 0 Å². The molecule has 0 spiro atoms. The molecule has 13 heavy (non-hydrogen) atoms. The molecule has 3 fully saturated rings. The van der Waals surface area contributed by atoms with E-state index in [9.17, 15) is 4.79 Å². The van der Waals surface area contributed by atoms with Crippen molar-refractivity contribution >= 4 is 5.78 Å². The lowest BCUT2D eigenvalue weighted by molar-refractivity contribution is -0.128. The molecule has 1 heteroatoms. The molecule has 3 rings (SSSR count). The average Bonchev–Trinajstić information content (AvgIpc) is 2.83. The second-order valence-corrected chi connectivity index (χ2v) is 5.51. The predicted octanol–water partition coefficient (Wildman–Crippen LogP) is 2.94. The van der Waals surface area contributed by atoms with E-state index in [1.165, 1.54) is 38.5 Å². The van der Waals surface area contributed by atoms with Crippen LogP contribution in [0.1, 0.15) is 51.9 Å². The average molecular weight is 178 g/mol. The molecule has 0 N–H and O–H groups in total. The van der Waals surface area contributed by atoms with Crippen molar-refractivity contribution in [1.29, 1.82) is 0 Å². The fourth-order valence-electron chi connectivity index (χ4n) is 4.33. The highest BCUT2D eigenvalue weighted by Gasteiger charge is 2.71. The fourth-order valence-corrected chi connectivity index (χ4v) is 4.33. The van der Waals surface area contributed by atoms with Crippen LogP contribution < -0.4 is 0 Å². The molecule has 0 amide bonds. The Balaban J connectivity index is 1.96. The zero-order chi connectivity index (χ0) is 9.10. The van der Waals surface area contributed by atoms with E-state index in [0.717, 1.165) is 6.42 Å². The molecule has 1 nitrogen and oxygen atoms in total. The van der Waals surface area contributed by atoms with E-state index in [2.05, 4.69) is 6.92 Å². The minimum Gasteiger partial charge on any atom is -0.299 e. The molecule has 3 aliphatic carbocycles. The summed E-state index contributed by atoms with van der Waals surface area (Å²) in [4.78, 5) is 11.7. The molecular weight excluding hydrogens is 160 g/mol. The van der Waals surface area contributed by atoms with Crippen LogP contribution in [-0.4, -0.2) is 5.78 Å². The normalized spacial score (nSPS) is 53.9. The third-order valence-corrected chi connectivity index (χ3v) is 5.28. The third-order valence-electron chi connectivity index (χ3n) is 5.28. The maximum absolute atomic E-state index is 11.7. The highest BCUT2D eigenvalue weighted by atomic mass is 16.1. The van der Waals surface area contributed by atoms with Crippen LogP contribution in [0.4, 0.5) is 0 Å². The Kier molecular flexibility index (Phi) is 1.35. The summed E-state index contributed by atoms with van der Waals surface area (Å²) in [6.45, 7) is 2.19. The van der Waals surface area contributed by atoms with Crippen molar-refractivity contribution in [3.63, 3.8) is 0 Å². The van der Waals surface area contributed by atoms with E-state index < -0.39 is 0 Å². The number of Topliss-reactive ketones (excluding diaryl/α,β-unsaturated/α-hetero) is 1. The third kappa shape index (κ3) is 0.769. The second kappa shape index (κ2) is 2.18. The Bertz CT molecular complexity index is 270. The van der Waals surface area contributed by atoms with Crippen molar-refractivity contribution in [2.24, 2.45) is 16.7 Å². The van der Waals surface area contributed by atoms with Gasteiger partial charge in [0.2, 0.25) is 0 Å². The first kappa shape index (κ1) is 8.02. The summed E-state index contributed by atoms with van der Waals surface area (Å²) in [6, 6.07) is 0. The van der Waals surface area contributed by atoms with Crippen molar-refractivity contribution in [2.75, 3.05) is 0 Å². The molecule has 0 aliphatic heterocycles. The van der Waals surface area contributed by atoms with E-state index in [1.54, 1.807) is 0 Å². The Morgan fingerprint density at radius 1 is 1.23 bits per heavy atom. The molecule has 3 aliphatic rings. The Morgan fingerprint density at radius 2 is 2.00 bits per heavy atom. The molecule has 3 saturated carbocycles. The minimum absolute atomic E-state index is 0.390. The molecule has 0 bridgehead atoms. The number of carbonyl (C=O) groups is 1. The van der Waals surface area contributed by atoms with Gasteiger partial charge in [0.15, 0.2) is 0 Å². The number of hydrogen-bond acceptors (Lipinski definition) is 1. The van der Waals surface area contributed by atoms with Crippen LogP contribution in [0.3, 0.4) is 0 Å². The van der Waals surface area contributed by atoms with Gasteiger partial charge in [-0.3, -0.25) is 4.79 Å². The summed E-state index contributed by atoms with van der Waals surface area (Å²) in [6.07, 6.45) is 9.04. The van der Waals surface area contributed by atoms with Crippen molar-refractivity contribution < 1.29 is 4.79 Å². The van der Waals surface area contributed by atoms with Crippen LogP contribution in [0.25, 0.3) is 0 Å². The quantitative estimate of drug-likeness (QED) is 0.557. The van der Waals surface area contributed by atoms with Gasteiger partial charge in [0.25, 0.3) is 0 Å². The predicted molar refractivity (Wildman–Crippen MR) is 51.4 cm³/mol. The Morgan fingerprint density at radius 3 is 2.85 bits per heavy atom. The van der Waals surface area contributed by atoms with Gasteiger partial charge in [0.1, 0.15) is 5.78 Å². The van der Waals surface area contributed by atoms with Crippen LogP contribution in [-0.2, 0) is 4.79 Å². The zero-order valence-corrected chi connectivity index (χ0v) is 8.44. The summed E-state index contributed by atoms with van der Waals surface area (Å²) in [5.41, 5.74) is 1.15. The largest absolute Gasteiger partial charge is 0.299 e. The maximum atomic E-state index is 11.7. The Hall–Kier alpha value is -0.330. The van der Waals surface area contributed by atoms with Gasteiger partial charge in [-0.25, -0.2) is 0 Å². The van der Waals surface area contributed by atoms with Crippen molar-refractivity contribution in [1.82, 2.24) is 0 Å². The topological polar surface area (TPSA) is 17.1 Å². The van der Waals surface area contributed by atoms with Crippen LogP contribution in [0.5, 0.6) is 0 Å². The molecule has 0 aromatic carbocycles. The van der Waals surface area contributed by atoms with E-state index in [0.29, 0.717) is 22.5 Å². The van der Waals surface area contributed by atoms with Gasteiger partial charge in [0.05, 0.1) is 0 Å². The molecule has 0 heterocycles. The molecule has 0 aromatic heterocycles. The van der Waals surface area contributed by atoms with Gasteiger partial charge in [0, 0.05) is 12.3 Å². The van der Waals surface area contributed by atoms with Gasteiger partial charge in [-0.1, -0.05) is 19.8 Å². The van der Waals surface area contributed by atoms with Gasteiger partial charge in [-0.15, -0.1) is 0 Å². The van der Waals surface area contributed by atoms with E-state index in [1.807, 2.05) is 0 Å². The monoisotopic (exact) mass is 178 g/mol. The lowest BCUT2D eigenvalue weighted by Crippen LogP contribution is -2.35. The summed E-state index contributed by atoms with van der Waals surface area (Å²) in [5.74, 6) is 0.941. The van der Waals surface area contributed by atoms with E-state index in [-0.39, 0.29) is 0 Å². The summed E-state index contributed by atoms with van der Waals surface area (Å²) < 4.78 is 0. The molecule has 3 unspecified atom stereocenters. The van der Waals surface area contributed by atoms with Crippen molar-refractivity contribution in [3.05, 3.63) is 0 Å². The Labute approximate surface area is 79.9 Å². The SMILES string of the molecule is CC1C(=O)CCC23CCCCC12C3. The van der Waals surface area contributed by atoms with Crippen LogP contribution in [0.15, 0.2) is 0 Å². The standard InChI is InChI=1S/C12H18O/c1-9-10(13)4-7-11-5-2-3-6-12(9,11)8-11/h9H,2-8H2,1H3. The molecule has 0 radical (unpaired) electrons. The lowest BCUT2D eigenvalue weighted by atomic mass is 9.65. The molecule has 0 saturated heterocycles. The second-order valence-electron chi connectivity index (χ2n) is 5.51. The summed E-state index contributed by atoms with van der Waals surface area (Å²) in [5, 5.41) is 0. The number of carbonyl (C=O) groups excluding carboxylic acids is 1. The highest BCUT2D eigenvalue weighted by molar-refractivity contribution is 5.83.